The van der Waals surface area contributed by atoms with Gasteiger partial charge in [-0.05, 0) is 18.4 Å². The minimum atomic E-state index is -4.43. The van der Waals surface area contributed by atoms with E-state index < -0.39 is 12.8 Å². The first kappa shape index (κ1) is 21.5. The minimum absolute atomic E-state index is 0. The van der Waals surface area contributed by atoms with Gasteiger partial charge < -0.3 is 15.8 Å². The second-order valence-corrected chi connectivity index (χ2v) is 5.32. The second-order valence-electron chi connectivity index (χ2n) is 5.32. The number of hydrogen-bond acceptors (Lipinski definition) is 4. The van der Waals surface area contributed by atoms with Crippen LogP contribution in [0, 0.1) is 5.92 Å². The van der Waals surface area contributed by atoms with Crippen molar-refractivity contribution in [2.45, 2.75) is 32.5 Å². The summed E-state index contributed by atoms with van der Waals surface area (Å²) in [6, 6.07) is 2.42. The molecule has 0 bridgehead atoms. The van der Waals surface area contributed by atoms with E-state index in [4.69, 9.17) is 5.73 Å². The van der Waals surface area contributed by atoms with E-state index in [-0.39, 0.29) is 35.8 Å². The summed E-state index contributed by atoms with van der Waals surface area (Å²) in [5, 5.41) is 2.77. The molecule has 0 fully saturated rings. The number of nitrogens with two attached hydrogens (primary N) is 1. The van der Waals surface area contributed by atoms with Crippen LogP contribution in [0.25, 0.3) is 0 Å². The zero-order valence-corrected chi connectivity index (χ0v) is 13.7. The highest BCUT2D eigenvalue weighted by molar-refractivity contribution is 5.94. The van der Waals surface area contributed by atoms with Gasteiger partial charge in [0.05, 0.1) is 5.56 Å². The molecule has 0 aromatic carbocycles. The summed E-state index contributed by atoms with van der Waals surface area (Å²) in [4.78, 5) is 15.7. The Morgan fingerprint density at radius 3 is 2.48 bits per heavy atom. The molecular weight excluding hydrogens is 335 g/mol. The topological polar surface area (TPSA) is 77.2 Å². The number of alkyl halides is 3. The lowest BCUT2D eigenvalue weighted by molar-refractivity contribution is -0.154. The standard InChI is InChI=1S/C14H20F3N3O2.ClH/c1-9(2)5-11(6-18)20-13(21)10-3-4-12(19-7-10)22-8-14(15,16)17;/h3-4,7,9,11H,5-6,8,18H2,1-2H3,(H,20,21);1H. The van der Waals surface area contributed by atoms with E-state index in [1.54, 1.807) is 0 Å². The van der Waals surface area contributed by atoms with Gasteiger partial charge in [-0.2, -0.15) is 13.2 Å². The van der Waals surface area contributed by atoms with Crippen LogP contribution in [0.15, 0.2) is 18.3 Å². The van der Waals surface area contributed by atoms with Crippen LogP contribution in [-0.4, -0.2) is 36.3 Å². The molecule has 0 saturated carbocycles. The predicted octanol–water partition coefficient (Wildman–Crippen LogP) is 2.55. The van der Waals surface area contributed by atoms with Gasteiger partial charge in [0.1, 0.15) is 0 Å². The number of nitrogens with zero attached hydrogens (tertiary/aromatic N) is 1. The van der Waals surface area contributed by atoms with E-state index in [2.05, 4.69) is 15.0 Å². The number of nitrogens with one attached hydrogen (secondary N) is 1. The van der Waals surface area contributed by atoms with Crippen molar-refractivity contribution in [2.24, 2.45) is 11.7 Å². The molecule has 0 aliphatic rings. The third-order valence-corrected chi connectivity index (χ3v) is 2.76. The van der Waals surface area contributed by atoms with Gasteiger partial charge >= 0.3 is 6.18 Å². The number of hydrogen-bond donors (Lipinski definition) is 2. The quantitative estimate of drug-likeness (QED) is 0.788. The number of ether oxygens (including phenoxy) is 1. The molecule has 1 aromatic rings. The Morgan fingerprint density at radius 1 is 1.39 bits per heavy atom. The van der Waals surface area contributed by atoms with Crippen molar-refractivity contribution in [3.63, 3.8) is 0 Å². The maximum atomic E-state index is 12.0. The molecule has 0 saturated heterocycles. The molecule has 0 spiro atoms. The molecule has 5 nitrogen and oxygen atoms in total. The monoisotopic (exact) mass is 355 g/mol. The van der Waals surface area contributed by atoms with Crippen LogP contribution in [0.2, 0.25) is 0 Å². The highest BCUT2D eigenvalue weighted by Crippen LogP contribution is 2.17. The van der Waals surface area contributed by atoms with Crippen LogP contribution in [0.1, 0.15) is 30.6 Å². The van der Waals surface area contributed by atoms with E-state index in [0.29, 0.717) is 12.5 Å². The van der Waals surface area contributed by atoms with Crippen molar-refractivity contribution in [1.82, 2.24) is 10.3 Å². The molecule has 1 heterocycles. The summed E-state index contributed by atoms with van der Waals surface area (Å²) in [6.07, 6.45) is -2.52. The largest absolute Gasteiger partial charge is 0.468 e. The van der Waals surface area contributed by atoms with Gasteiger partial charge in [-0.15, -0.1) is 12.4 Å². The zero-order valence-electron chi connectivity index (χ0n) is 12.9. The highest BCUT2D eigenvalue weighted by Gasteiger charge is 2.28. The molecule has 1 aromatic heterocycles. The van der Waals surface area contributed by atoms with Gasteiger partial charge in [0.15, 0.2) is 6.61 Å². The zero-order chi connectivity index (χ0) is 16.8. The molecule has 0 aliphatic carbocycles. The molecule has 1 atom stereocenters. The molecule has 1 amide bonds. The fourth-order valence-electron chi connectivity index (χ4n) is 1.81. The van der Waals surface area contributed by atoms with Crippen molar-refractivity contribution in [1.29, 1.82) is 0 Å². The van der Waals surface area contributed by atoms with Crippen LogP contribution in [0.5, 0.6) is 5.88 Å². The van der Waals surface area contributed by atoms with Crippen LogP contribution < -0.4 is 15.8 Å². The summed E-state index contributed by atoms with van der Waals surface area (Å²) in [6.45, 7) is 2.92. The maximum absolute atomic E-state index is 12.0. The summed E-state index contributed by atoms with van der Waals surface area (Å²) in [5.41, 5.74) is 5.83. The van der Waals surface area contributed by atoms with Crippen LogP contribution in [0.3, 0.4) is 0 Å². The van der Waals surface area contributed by atoms with E-state index in [1.807, 2.05) is 13.8 Å². The normalized spacial score (nSPS) is 12.5. The Balaban J connectivity index is 0.00000484. The number of amides is 1. The Bertz CT molecular complexity index is 481. The Labute approximate surface area is 139 Å². The molecule has 0 radical (unpaired) electrons. The molecule has 23 heavy (non-hydrogen) atoms. The molecule has 3 N–H and O–H groups in total. The molecule has 132 valence electrons. The number of rotatable bonds is 7. The molecule has 1 rings (SSSR count). The van der Waals surface area contributed by atoms with Crippen molar-refractivity contribution in [3.05, 3.63) is 23.9 Å². The first-order valence-corrected chi connectivity index (χ1v) is 6.87. The lowest BCUT2D eigenvalue weighted by Gasteiger charge is -2.18. The van der Waals surface area contributed by atoms with Crippen LogP contribution >= 0.6 is 12.4 Å². The fraction of sp³-hybridized carbons (Fsp3) is 0.571. The number of carbonyl (C=O) groups is 1. The van der Waals surface area contributed by atoms with Crippen molar-refractivity contribution in [3.8, 4) is 5.88 Å². The van der Waals surface area contributed by atoms with Crippen LogP contribution in [-0.2, 0) is 0 Å². The first-order valence-electron chi connectivity index (χ1n) is 6.87. The SMILES string of the molecule is CC(C)CC(CN)NC(=O)c1ccc(OCC(F)(F)F)nc1.Cl. The van der Waals surface area contributed by atoms with Gasteiger partial charge in [-0.1, -0.05) is 13.8 Å². The number of carbonyl (C=O) groups excluding carboxylic acids is 1. The van der Waals surface area contributed by atoms with Crippen molar-refractivity contribution in [2.75, 3.05) is 13.2 Å². The first-order chi connectivity index (χ1) is 10.2. The van der Waals surface area contributed by atoms with Gasteiger partial charge in [-0.3, -0.25) is 4.79 Å². The van der Waals surface area contributed by atoms with Crippen molar-refractivity contribution >= 4 is 18.3 Å². The lowest BCUT2D eigenvalue weighted by atomic mass is 10.0. The minimum Gasteiger partial charge on any atom is -0.468 e. The summed E-state index contributed by atoms with van der Waals surface area (Å²) < 4.78 is 40.5. The fourth-order valence-corrected chi connectivity index (χ4v) is 1.81. The van der Waals surface area contributed by atoms with E-state index in [9.17, 15) is 18.0 Å². The lowest BCUT2D eigenvalue weighted by Crippen LogP contribution is -2.41. The summed E-state index contributed by atoms with van der Waals surface area (Å²) in [5.74, 6) is -0.178. The summed E-state index contributed by atoms with van der Waals surface area (Å²) >= 11 is 0. The van der Waals surface area contributed by atoms with Gasteiger partial charge in [-0.25, -0.2) is 4.98 Å². The van der Waals surface area contributed by atoms with Crippen molar-refractivity contribution < 1.29 is 22.7 Å². The number of halogens is 4. The summed E-state index contributed by atoms with van der Waals surface area (Å²) in [7, 11) is 0. The molecule has 1 unspecified atom stereocenters. The van der Waals surface area contributed by atoms with Gasteiger partial charge in [0.25, 0.3) is 5.91 Å². The van der Waals surface area contributed by atoms with Gasteiger partial charge in [0.2, 0.25) is 5.88 Å². The van der Waals surface area contributed by atoms with E-state index in [1.165, 1.54) is 18.3 Å². The average Bonchev–Trinajstić information content (AvgIpc) is 2.43. The third kappa shape index (κ3) is 8.61. The second kappa shape index (κ2) is 9.57. The predicted molar refractivity (Wildman–Crippen MR) is 82.8 cm³/mol. The average molecular weight is 356 g/mol. The van der Waals surface area contributed by atoms with Gasteiger partial charge in [0, 0.05) is 24.8 Å². The number of aromatic nitrogens is 1. The molecular formula is C14H21ClF3N3O2. The Kier molecular flexibility index (Phi) is 8.93. The Hall–Kier alpha value is -1.54. The third-order valence-electron chi connectivity index (χ3n) is 2.76. The maximum Gasteiger partial charge on any atom is 0.422 e. The smallest absolute Gasteiger partial charge is 0.422 e. The molecule has 9 heteroatoms. The highest BCUT2D eigenvalue weighted by atomic mass is 35.5. The van der Waals surface area contributed by atoms with Crippen LogP contribution in [0.4, 0.5) is 13.2 Å². The van der Waals surface area contributed by atoms with E-state index in [0.717, 1.165) is 6.42 Å². The van der Waals surface area contributed by atoms with E-state index >= 15 is 0 Å². The Morgan fingerprint density at radius 2 is 2.04 bits per heavy atom. The molecule has 0 aliphatic heterocycles. The number of pyridine rings is 1.